The van der Waals surface area contributed by atoms with Crippen LogP contribution in [0.2, 0.25) is 0 Å². The molecule has 0 saturated heterocycles. The van der Waals surface area contributed by atoms with E-state index in [1.807, 2.05) is 7.05 Å². The third-order valence-electron chi connectivity index (χ3n) is 2.01. The number of nitrogens with zero attached hydrogens (tertiary/aromatic N) is 1. The second-order valence-electron chi connectivity index (χ2n) is 3.17. The quantitative estimate of drug-likeness (QED) is 0.631. The fourth-order valence-corrected chi connectivity index (χ4v) is 0.948. The van der Waals surface area contributed by atoms with Gasteiger partial charge in [0.1, 0.15) is 0 Å². The van der Waals surface area contributed by atoms with E-state index in [1.54, 1.807) is 0 Å². The van der Waals surface area contributed by atoms with Crippen molar-refractivity contribution in [3.05, 3.63) is 0 Å². The van der Waals surface area contributed by atoms with Crippen molar-refractivity contribution >= 4 is 0 Å². The largest absolute Gasteiger partial charge is 0.318 e. The van der Waals surface area contributed by atoms with Crippen LogP contribution in [0.1, 0.15) is 20.8 Å². The highest BCUT2D eigenvalue weighted by atomic mass is 15.2. The van der Waals surface area contributed by atoms with Gasteiger partial charge in [0.05, 0.1) is 0 Å². The summed E-state index contributed by atoms with van der Waals surface area (Å²) in [6, 6.07) is 1.27. The van der Waals surface area contributed by atoms with Crippen molar-refractivity contribution in [1.29, 1.82) is 0 Å². The molecule has 1 atom stereocenters. The predicted molar refractivity (Wildman–Crippen MR) is 46.3 cm³/mol. The van der Waals surface area contributed by atoms with E-state index >= 15 is 0 Å². The molecule has 1 unspecified atom stereocenters. The summed E-state index contributed by atoms with van der Waals surface area (Å²) in [7, 11) is 4.15. The van der Waals surface area contributed by atoms with Crippen LogP contribution in [0.5, 0.6) is 0 Å². The lowest BCUT2D eigenvalue weighted by Gasteiger charge is -2.28. The van der Waals surface area contributed by atoms with Gasteiger partial charge in [0.15, 0.2) is 0 Å². The molecule has 62 valence electrons. The molecule has 0 heterocycles. The van der Waals surface area contributed by atoms with Gasteiger partial charge in [-0.2, -0.15) is 0 Å². The van der Waals surface area contributed by atoms with Gasteiger partial charge in [-0.25, -0.2) is 0 Å². The summed E-state index contributed by atoms with van der Waals surface area (Å²) in [4.78, 5) is 2.36. The van der Waals surface area contributed by atoms with Crippen molar-refractivity contribution in [2.24, 2.45) is 0 Å². The summed E-state index contributed by atoms with van der Waals surface area (Å²) in [5.74, 6) is 0. The molecular weight excluding hydrogens is 124 g/mol. The molecule has 0 bridgehead atoms. The average Bonchev–Trinajstić information content (AvgIpc) is 1.87. The van der Waals surface area contributed by atoms with Crippen LogP contribution in [-0.2, 0) is 0 Å². The lowest BCUT2D eigenvalue weighted by molar-refractivity contribution is 0.206. The molecule has 0 aromatic heterocycles. The van der Waals surface area contributed by atoms with Crippen molar-refractivity contribution in [3.63, 3.8) is 0 Å². The van der Waals surface area contributed by atoms with E-state index in [9.17, 15) is 0 Å². The van der Waals surface area contributed by atoms with Crippen molar-refractivity contribution in [2.45, 2.75) is 32.9 Å². The Morgan fingerprint density at radius 2 is 1.80 bits per heavy atom. The lowest BCUT2D eigenvalue weighted by Crippen LogP contribution is -2.40. The normalized spacial score (nSPS) is 14.7. The molecule has 0 amide bonds. The van der Waals surface area contributed by atoms with E-state index in [0.29, 0.717) is 12.1 Å². The Hall–Kier alpha value is -0.0800. The van der Waals surface area contributed by atoms with Crippen LogP contribution in [-0.4, -0.2) is 37.6 Å². The van der Waals surface area contributed by atoms with Crippen LogP contribution in [0, 0.1) is 0 Å². The Bertz CT molecular complexity index is 81.3. The van der Waals surface area contributed by atoms with Gasteiger partial charge in [-0.3, -0.25) is 0 Å². The third-order valence-corrected chi connectivity index (χ3v) is 2.01. The first-order chi connectivity index (χ1) is 4.59. The van der Waals surface area contributed by atoms with Gasteiger partial charge in [-0.1, -0.05) is 0 Å². The van der Waals surface area contributed by atoms with E-state index in [0.717, 1.165) is 6.54 Å². The first-order valence-electron chi connectivity index (χ1n) is 3.96. The molecule has 0 saturated carbocycles. The molecule has 0 aromatic rings. The third kappa shape index (κ3) is 3.18. The van der Waals surface area contributed by atoms with Crippen LogP contribution in [0.15, 0.2) is 0 Å². The van der Waals surface area contributed by atoms with Gasteiger partial charge in [0.2, 0.25) is 0 Å². The van der Waals surface area contributed by atoms with Crippen molar-refractivity contribution < 1.29 is 0 Å². The average molecular weight is 144 g/mol. The Morgan fingerprint density at radius 1 is 1.30 bits per heavy atom. The molecule has 0 radical (unpaired) electrons. The van der Waals surface area contributed by atoms with Crippen molar-refractivity contribution in [1.82, 2.24) is 10.2 Å². The zero-order chi connectivity index (χ0) is 8.15. The summed E-state index contributed by atoms with van der Waals surface area (Å²) in [6.45, 7) is 7.73. The molecule has 0 spiro atoms. The van der Waals surface area contributed by atoms with Crippen LogP contribution >= 0.6 is 0 Å². The van der Waals surface area contributed by atoms with E-state index in [4.69, 9.17) is 0 Å². The number of rotatable bonds is 4. The fraction of sp³-hybridized carbons (Fsp3) is 1.00. The summed E-state index contributed by atoms with van der Waals surface area (Å²) < 4.78 is 0. The van der Waals surface area contributed by atoms with E-state index in [2.05, 4.69) is 38.0 Å². The smallest absolute Gasteiger partial charge is 0.0191 e. The minimum Gasteiger partial charge on any atom is -0.318 e. The Balaban J connectivity index is 3.58. The number of hydrogen-bond donors (Lipinski definition) is 1. The maximum Gasteiger partial charge on any atom is 0.0191 e. The summed E-state index contributed by atoms with van der Waals surface area (Å²) in [6.07, 6.45) is 0. The van der Waals surface area contributed by atoms with Crippen LogP contribution < -0.4 is 5.32 Å². The van der Waals surface area contributed by atoms with E-state index < -0.39 is 0 Å². The first kappa shape index (κ1) is 9.92. The highest BCUT2D eigenvalue weighted by Gasteiger charge is 2.09. The maximum atomic E-state index is 3.16. The van der Waals surface area contributed by atoms with Crippen molar-refractivity contribution in [2.75, 3.05) is 20.6 Å². The van der Waals surface area contributed by atoms with Crippen LogP contribution in [0.3, 0.4) is 0 Å². The molecule has 0 aliphatic rings. The Morgan fingerprint density at radius 3 is 2.10 bits per heavy atom. The predicted octanol–water partition coefficient (Wildman–Crippen LogP) is 0.934. The molecule has 2 heteroatoms. The summed E-state index contributed by atoms with van der Waals surface area (Å²) >= 11 is 0. The number of nitrogens with one attached hydrogen (secondary N) is 1. The highest BCUT2D eigenvalue weighted by Crippen LogP contribution is 1.99. The Kier molecular flexibility index (Phi) is 4.65. The zero-order valence-corrected chi connectivity index (χ0v) is 7.81. The molecule has 0 fully saturated rings. The van der Waals surface area contributed by atoms with Gasteiger partial charge in [0.25, 0.3) is 0 Å². The standard InChI is InChI=1S/C8H20N2/c1-7(2)10(5)8(3)6-9-4/h7-9H,6H2,1-5H3. The zero-order valence-electron chi connectivity index (χ0n) is 7.81. The lowest BCUT2D eigenvalue weighted by atomic mass is 10.2. The second-order valence-corrected chi connectivity index (χ2v) is 3.17. The van der Waals surface area contributed by atoms with E-state index in [1.165, 1.54) is 0 Å². The molecule has 0 aromatic carbocycles. The minimum absolute atomic E-state index is 0.630. The maximum absolute atomic E-state index is 3.16. The van der Waals surface area contributed by atoms with Crippen LogP contribution in [0.25, 0.3) is 0 Å². The van der Waals surface area contributed by atoms with Crippen molar-refractivity contribution in [3.8, 4) is 0 Å². The minimum atomic E-state index is 0.630. The molecular formula is C8H20N2. The summed E-state index contributed by atoms with van der Waals surface area (Å²) in [5.41, 5.74) is 0. The molecule has 1 N–H and O–H groups in total. The molecule has 0 rings (SSSR count). The highest BCUT2D eigenvalue weighted by molar-refractivity contribution is 4.67. The van der Waals surface area contributed by atoms with Crippen LogP contribution in [0.4, 0.5) is 0 Å². The summed E-state index contributed by atoms with van der Waals surface area (Å²) in [5, 5.41) is 3.16. The van der Waals surface area contributed by atoms with Gasteiger partial charge in [0, 0.05) is 18.6 Å². The van der Waals surface area contributed by atoms with Gasteiger partial charge >= 0.3 is 0 Å². The Labute approximate surface area is 64.6 Å². The topological polar surface area (TPSA) is 15.3 Å². The molecule has 10 heavy (non-hydrogen) atoms. The number of likely N-dealkylation sites (N-methyl/N-ethyl adjacent to an activating group) is 2. The molecule has 2 nitrogen and oxygen atoms in total. The number of hydrogen-bond acceptors (Lipinski definition) is 2. The van der Waals surface area contributed by atoms with Gasteiger partial charge in [-0.05, 0) is 34.9 Å². The fourth-order valence-electron chi connectivity index (χ4n) is 0.948. The monoisotopic (exact) mass is 144 g/mol. The van der Waals surface area contributed by atoms with E-state index in [-0.39, 0.29) is 0 Å². The second kappa shape index (κ2) is 4.69. The first-order valence-corrected chi connectivity index (χ1v) is 3.96. The van der Waals surface area contributed by atoms with Gasteiger partial charge in [-0.15, -0.1) is 0 Å². The molecule has 0 aliphatic carbocycles. The van der Waals surface area contributed by atoms with Gasteiger partial charge < -0.3 is 10.2 Å². The SMILES string of the molecule is CNCC(C)N(C)C(C)C. The molecule has 0 aliphatic heterocycles.